The first kappa shape index (κ1) is 14.4. The highest BCUT2D eigenvalue weighted by molar-refractivity contribution is 5.53. The number of ether oxygens (including phenoxy) is 2. The number of nitrogens with zero attached hydrogens (tertiary/aromatic N) is 3. The molecule has 2 aliphatic heterocycles. The molecular formula is C16H25N3O2. The summed E-state index contributed by atoms with van der Waals surface area (Å²) >= 11 is 0. The first-order chi connectivity index (χ1) is 10.3. The Balaban J connectivity index is 1.74. The Morgan fingerprint density at radius 2 is 2.19 bits per heavy atom. The average molecular weight is 291 g/mol. The van der Waals surface area contributed by atoms with Crippen LogP contribution < -0.4 is 14.4 Å². The van der Waals surface area contributed by atoms with Gasteiger partial charge in [0.1, 0.15) is 12.7 Å². The standard InChI is InChI=1S/C16H25N3O2/c1-3-5-14-12-20-16-15(21-14)10-13(11-17-16)19-7-4-6-18(2)8-9-19/h10-11,14H,3-9,12H2,1-2H3. The lowest BCUT2D eigenvalue weighted by molar-refractivity contribution is 0.0798. The smallest absolute Gasteiger partial charge is 0.257 e. The molecule has 1 unspecified atom stereocenters. The third-order valence-corrected chi connectivity index (χ3v) is 4.20. The van der Waals surface area contributed by atoms with E-state index in [0.717, 1.165) is 50.5 Å². The van der Waals surface area contributed by atoms with E-state index in [9.17, 15) is 0 Å². The van der Waals surface area contributed by atoms with E-state index in [1.165, 1.54) is 6.42 Å². The Morgan fingerprint density at radius 1 is 1.29 bits per heavy atom. The molecule has 0 aliphatic carbocycles. The van der Waals surface area contributed by atoms with E-state index >= 15 is 0 Å². The van der Waals surface area contributed by atoms with E-state index in [4.69, 9.17) is 9.47 Å². The average Bonchev–Trinajstić information content (AvgIpc) is 2.72. The van der Waals surface area contributed by atoms with Crippen molar-refractivity contribution >= 4 is 5.69 Å². The summed E-state index contributed by atoms with van der Waals surface area (Å²) in [6, 6.07) is 2.09. The Kier molecular flexibility index (Phi) is 4.48. The highest BCUT2D eigenvalue weighted by Crippen LogP contribution is 2.34. The molecule has 1 fully saturated rings. The highest BCUT2D eigenvalue weighted by atomic mass is 16.6. The topological polar surface area (TPSA) is 37.8 Å². The lowest BCUT2D eigenvalue weighted by Gasteiger charge is -2.28. The minimum absolute atomic E-state index is 0.162. The van der Waals surface area contributed by atoms with Crippen molar-refractivity contribution in [2.24, 2.45) is 0 Å². The van der Waals surface area contributed by atoms with Crippen molar-refractivity contribution in [3.8, 4) is 11.6 Å². The van der Waals surface area contributed by atoms with Gasteiger partial charge in [-0.1, -0.05) is 13.3 Å². The number of aromatic nitrogens is 1. The van der Waals surface area contributed by atoms with Crippen molar-refractivity contribution in [2.75, 3.05) is 44.7 Å². The first-order valence-electron chi connectivity index (χ1n) is 7.99. The minimum atomic E-state index is 0.162. The molecule has 1 saturated heterocycles. The van der Waals surface area contributed by atoms with E-state index in [2.05, 4.69) is 34.8 Å². The molecule has 0 N–H and O–H groups in total. The van der Waals surface area contributed by atoms with Crippen molar-refractivity contribution in [3.05, 3.63) is 12.3 Å². The van der Waals surface area contributed by atoms with Crippen LogP contribution in [0.2, 0.25) is 0 Å². The summed E-state index contributed by atoms with van der Waals surface area (Å²) in [4.78, 5) is 9.21. The van der Waals surface area contributed by atoms with E-state index in [1.807, 2.05) is 6.20 Å². The molecule has 0 radical (unpaired) electrons. The second-order valence-corrected chi connectivity index (χ2v) is 5.98. The molecule has 3 rings (SSSR count). The monoisotopic (exact) mass is 291 g/mol. The van der Waals surface area contributed by atoms with Crippen molar-refractivity contribution in [1.29, 1.82) is 0 Å². The lowest BCUT2D eigenvalue weighted by atomic mass is 10.2. The van der Waals surface area contributed by atoms with Crippen LogP contribution in [0.1, 0.15) is 26.2 Å². The van der Waals surface area contributed by atoms with Crippen molar-refractivity contribution < 1.29 is 9.47 Å². The van der Waals surface area contributed by atoms with E-state index in [0.29, 0.717) is 12.5 Å². The number of anilines is 1. The van der Waals surface area contributed by atoms with Gasteiger partial charge in [-0.25, -0.2) is 4.98 Å². The lowest BCUT2D eigenvalue weighted by Crippen LogP contribution is -2.31. The molecule has 0 aromatic carbocycles. The molecule has 0 amide bonds. The van der Waals surface area contributed by atoms with Gasteiger partial charge in [-0.15, -0.1) is 0 Å². The summed E-state index contributed by atoms with van der Waals surface area (Å²) in [5, 5.41) is 0. The zero-order chi connectivity index (χ0) is 14.7. The van der Waals surface area contributed by atoms with Crippen LogP contribution in [0.25, 0.3) is 0 Å². The van der Waals surface area contributed by atoms with E-state index < -0.39 is 0 Å². The van der Waals surface area contributed by atoms with Gasteiger partial charge in [0, 0.05) is 25.7 Å². The Labute approximate surface area is 126 Å². The van der Waals surface area contributed by atoms with Crippen LogP contribution in [-0.2, 0) is 0 Å². The SMILES string of the molecule is CCCC1COc2ncc(N3CCCN(C)CC3)cc2O1. The molecule has 2 aliphatic rings. The molecule has 5 nitrogen and oxygen atoms in total. The third kappa shape index (κ3) is 3.40. The number of hydrogen-bond donors (Lipinski definition) is 0. The van der Waals surface area contributed by atoms with Gasteiger partial charge < -0.3 is 19.3 Å². The van der Waals surface area contributed by atoms with Gasteiger partial charge >= 0.3 is 0 Å². The maximum absolute atomic E-state index is 6.03. The molecule has 1 aromatic heterocycles. The van der Waals surface area contributed by atoms with E-state index in [-0.39, 0.29) is 6.10 Å². The molecule has 1 atom stereocenters. The van der Waals surface area contributed by atoms with Crippen LogP contribution in [0.15, 0.2) is 12.3 Å². The maximum atomic E-state index is 6.03. The molecule has 0 spiro atoms. The second kappa shape index (κ2) is 6.52. The molecule has 116 valence electrons. The quantitative estimate of drug-likeness (QED) is 0.853. The molecule has 1 aromatic rings. The molecule has 21 heavy (non-hydrogen) atoms. The molecular weight excluding hydrogens is 266 g/mol. The predicted octanol–water partition coefficient (Wildman–Crippen LogP) is 2.16. The van der Waals surface area contributed by atoms with Gasteiger partial charge in [0.2, 0.25) is 0 Å². The highest BCUT2D eigenvalue weighted by Gasteiger charge is 2.23. The van der Waals surface area contributed by atoms with Gasteiger partial charge in [-0.2, -0.15) is 0 Å². The largest absolute Gasteiger partial charge is 0.481 e. The van der Waals surface area contributed by atoms with Crippen LogP contribution in [0.5, 0.6) is 11.6 Å². The Hall–Kier alpha value is -1.49. The summed E-state index contributed by atoms with van der Waals surface area (Å²) in [6.45, 7) is 7.14. The molecule has 5 heteroatoms. The van der Waals surface area contributed by atoms with Crippen LogP contribution in [-0.4, -0.2) is 55.8 Å². The number of likely N-dealkylation sites (N-methyl/N-ethyl adjacent to an activating group) is 1. The predicted molar refractivity (Wildman–Crippen MR) is 83.4 cm³/mol. The van der Waals surface area contributed by atoms with Crippen LogP contribution in [0.3, 0.4) is 0 Å². The fourth-order valence-electron chi connectivity index (χ4n) is 2.94. The van der Waals surface area contributed by atoms with Gasteiger partial charge in [-0.05, 0) is 26.4 Å². The number of hydrogen-bond acceptors (Lipinski definition) is 5. The zero-order valence-corrected chi connectivity index (χ0v) is 13.0. The summed E-state index contributed by atoms with van der Waals surface area (Å²) in [7, 11) is 2.18. The fourth-order valence-corrected chi connectivity index (χ4v) is 2.94. The number of fused-ring (bicyclic) bond motifs is 1. The summed E-state index contributed by atoms with van der Waals surface area (Å²) in [5.74, 6) is 1.44. The van der Waals surface area contributed by atoms with Gasteiger partial charge in [0.15, 0.2) is 5.75 Å². The second-order valence-electron chi connectivity index (χ2n) is 5.98. The minimum Gasteiger partial charge on any atom is -0.481 e. The van der Waals surface area contributed by atoms with Gasteiger partial charge in [0.25, 0.3) is 5.88 Å². The first-order valence-corrected chi connectivity index (χ1v) is 7.99. The summed E-state index contributed by atoms with van der Waals surface area (Å²) in [5.41, 5.74) is 1.14. The van der Waals surface area contributed by atoms with Crippen LogP contribution in [0.4, 0.5) is 5.69 Å². The van der Waals surface area contributed by atoms with Crippen molar-refractivity contribution in [1.82, 2.24) is 9.88 Å². The van der Waals surface area contributed by atoms with E-state index in [1.54, 1.807) is 0 Å². The van der Waals surface area contributed by atoms with Crippen LogP contribution in [0, 0.1) is 0 Å². The molecule has 0 saturated carbocycles. The number of pyridine rings is 1. The third-order valence-electron chi connectivity index (χ3n) is 4.20. The van der Waals surface area contributed by atoms with Gasteiger partial charge in [0.05, 0.1) is 11.9 Å². The summed E-state index contributed by atoms with van der Waals surface area (Å²) in [6.07, 6.45) is 5.39. The fraction of sp³-hybridized carbons (Fsp3) is 0.688. The molecule has 3 heterocycles. The Morgan fingerprint density at radius 3 is 3.05 bits per heavy atom. The Bertz CT molecular complexity index is 481. The van der Waals surface area contributed by atoms with Crippen LogP contribution >= 0.6 is 0 Å². The van der Waals surface area contributed by atoms with Crippen molar-refractivity contribution in [2.45, 2.75) is 32.3 Å². The number of rotatable bonds is 3. The van der Waals surface area contributed by atoms with Gasteiger partial charge in [-0.3, -0.25) is 0 Å². The normalized spacial score (nSPS) is 23.0. The zero-order valence-electron chi connectivity index (χ0n) is 13.0. The maximum Gasteiger partial charge on any atom is 0.257 e. The summed E-state index contributed by atoms with van der Waals surface area (Å²) < 4.78 is 11.7. The van der Waals surface area contributed by atoms with Crippen molar-refractivity contribution in [3.63, 3.8) is 0 Å². The molecule has 0 bridgehead atoms.